The fourth-order valence-electron chi connectivity index (χ4n) is 3.81. The van der Waals surface area contributed by atoms with Gasteiger partial charge in [0.15, 0.2) is 0 Å². The van der Waals surface area contributed by atoms with Crippen molar-refractivity contribution in [3.05, 3.63) is 103 Å². The largest absolute Gasteiger partial charge is 0.299 e. The van der Waals surface area contributed by atoms with Crippen LogP contribution in [0.1, 0.15) is 12.0 Å². The lowest BCUT2D eigenvalue weighted by atomic mass is 10.1. The molecule has 0 N–H and O–H groups in total. The number of amides is 1. The van der Waals surface area contributed by atoms with Gasteiger partial charge in [-0.3, -0.25) is 14.7 Å². The quantitative estimate of drug-likeness (QED) is 0.637. The van der Waals surface area contributed by atoms with Crippen LogP contribution in [0.2, 0.25) is 0 Å². The minimum Gasteiger partial charge on any atom is -0.299 e. The Morgan fingerprint density at radius 2 is 1.79 bits per heavy atom. The van der Waals surface area contributed by atoms with Gasteiger partial charge in [-0.25, -0.2) is 4.99 Å². The Hall–Kier alpha value is -3.79. The average molecular weight is 377 g/mol. The molecule has 0 radical (unpaired) electrons. The number of aromatic nitrogens is 1. The molecule has 0 spiro atoms. The molecule has 1 aliphatic heterocycles. The number of anilines is 1. The summed E-state index contributed by atoms with van der Waals surface area (Å²) in [6.07, 6.45) is 12.6. The summed E-state index contributed by atoms with van der Waals surface area (Å²) in [7, 11) is 0. The Bertz CT molecular complexity index is 1140. The third-order valence-corrected chi connectivity index (χ3v) is 5.23. The average Bonchev–Trinajstić information content (AvgIpc) is 3.07. The van der Waals surface area contributed by atoms with Gasteiger partial charge in [-0.05, 0) is 41.8 Å². The molecular weight excluding hydrogens is 358 g/mol. The van der Waals surface area contributed by atoms with E-state index in [-0.39, 0.29) is 11.9 Å². The van der Waals surface area contributed by atoms with Crippen LogP contribution in [0.25, 0.3) is 11.1 Å². The predicted molar refractivity (Wildman–Crippen MR) is 116 cm³/mol. The van der Waals surface area contributed by atoms with Gasteiger partial charge in [-0.15, -0.1) is 0 Å². The first-order valence-electron chi connectivity index (χ1n) is 9.67. The lowest BCUT2D eigenvalue weighted by molar-refractivity contribution is -0.112. The van der Waals surface area contributed by atoms with E-state index in [4.69, 9.17) is 4.99 Å². The maximum atomic E-state index is 13.3. The van der Waals surface area contributed by atoms with Crippen molar-refractivity contribution < 1.29 is 4.79 Å². The summed E-state index contributed by atoms with van der Waals surface area (Å²) in [5.41, 5.74) is 5.19. The van der Waals surface area contributed by atoms with Crippen molar-refractivity contribution in [3.8, 4) is 11.1 Å². The summed E-state index contributed by atoms with van der Waals surface area (Å²) in [6, 6.07) is 19.7. The molecule has 0 saturated heterocycles. The third kappa shape index (κ3) is 3.19. The monoisotopic (exact) mass is 377 g/mol. The number of hydrogen-bond acceptors (Lipinski definition) is 3. The molecule has 4 nitrogen and oxygen atoms in total. The van der Waals surface area contributed by atoms with Crippen molar-refractivity contribution in [2.24, 2.45) is 4.99 Å². The first-order valence-corrected chi connectivity index (χ1v) is 9.67. The first-order chi connectivity index (χ1) is 14.3. The van der Waals surface area contributed by atoms with Crippen molar-refractivity contribution in [2.75, 3.05) is 4.90 Å². The van der Waals surface area contributed by atoms with Crippen LogP contribution in [0.15, 0.2) is 102 Å². The fraction of sp³-hybridized carbons (Fsp3) is 0.0800. The fourth-order valence-corrected chi connectivity index (χ4v) is 3.81. The standard InChI is InChI=1S/C25H19N3O/c29-25-24(27-20-14-12-18(13-15-20)19-7-6-16-26-17-19)22-10-4-5-11-23(22)28(25)21-8-2-1-3-9-21/h1-8,10-17,21H,9H2/b27-24-. The highest BCUT2D eigenvalue weighted by molar-refractivity contribution is 6.54. The highest BCUT2D eigenvalue weighted by Gasteiger charge is 2.37. The van der Waals surface area contributed by atoms with E-state index in [1.807, 2.05) is 83.9 Å². The van der Waals surface area contributed by atoms with E-state index in [0.717, 1.165) is 34.5 Å². The molecule has 4 heteroatoms. The Morgan fingerprint density at radius 1 is 0.931 bits per heavy atom. The summed E-state index contributed by atoms with van der Waals surface area (Å²) in [5, 5.41) is 0. The molecular formula is C25H19N3O. The van der Waals surface area contributed by atoms with Gasteiger partial charge in [0.1, 0.15) is 5.71 Å². The number of benzene rings is 2. The summed E-state index contributed by atoms with van der Waals surface area (Å²) in [4.78, 5) is 24.0. The molecule has 2 aromatic carbocycles. The lowest BCUT2D eigenvalue weighted by Crippen LogP contribution is -2.38. The maximum Gasteiger partial charge on any atom is 0.278 e. The molecule has 29 heavy (non-hydrogen) atoms. The zero-order valence-electron chi connectivity index (χ0n) is 15.8. The number of rotatable bonds is 3. The molecule has 140 valence electrons. The van der Waals surface area contributed by atoms with E-state index in [1.165, 1.54) is 0 Å². The maximum absolute atomic E-state index is 13.3. The molecule has 0 saturated carbocycles. The number of allylic oxidation sites excluding steroid dienone is 2. The molecule has 2 aliphatic rings. The number of carbonyl (C=O) groups is 1. The Morgan fingerprint density at radius 3 is 2.55 bits per heavy atom. The smallest absolute Gasteiger partial charge is 0.278 e. The molecule has 1 aromatic heterocycles. The van der Waals surface area contributed by atoms with Gasteiger partial charge in [0.2, 0.25) is 0 Å². The van der Waals surface area contributed by atoms with Gasteiger partial charge < -0.3 is 0 Å². The van der Waals surface area contributed by atoms with Gasteiger partial charge in [0.05, 0.1) is 17.4 Å². The van der Waals surface area contributed by atoms with Crippen molar-refractivity contribution in [3.63, 3.8) is 0 Å². The zero-order valence-corrected chi connectivity index (χ0v) is 15.8. The van der Waals surface area contributed by atoms with Crippen LogP contribution < -0.4 is 4.90 Å². The molecule has 0 fully saturated rings. The van der Waals surface area contributed by atoms with Gasteiger partial charge in [-0.2, -0.15) is 0 Å². The van der Waals surface area contributed by atoms with Crippen molar-refractivity contribution >= 4 is 23.0 Å². The summed E-state index contributed by atoms with van der Waals surface area (Å²) < 4.78 is 0. The second kappa shape index (κ2) is 7.32. The second-order valence-electron chi connectivity index (χ2n) is 7.06. The SMILES string of the molecule is O=C1/C(=N\c2ccc(-c3cccnc3)cc2)c2ccccc2N1C1C=CC=CC1. The van der Waals surface area contributed by atoms with Crippen LogP contribution in [0.3, 0.4) is 0 Å². The van der Waals surface area contributed by atoms with E-state index in [1.54, 1.807) is 6.20 Å². The minimum atomic E-state index is -0.0486. The number of nitrogens with zero attached hydrogens (tertiary/aromatic N) is 3. The van der Waals surface area contributed by atoms with E-state index in [9.17, 15) is 4.79 Å². The van der Waals surface area contributed by atoms with E-state index >= 15 is 0 Å². The van der Waals surface area contributed by atoms with Gasteiger partial charge in [0, 0.05) is 18.0 Å². The molecule has 3 aromatic rings. The van der Waals surface area contributed by atoms with E-state index in [2.05, 4.69) is 17.1 Å². The number of carbonyl (C=O) groups excluding carboxylic acids is 1. The minimum absolute atomic E-state index is 0.0225. The first kappa shape index (κ1) is 17.3. The van der Waals surface area contributed by atoms with Crippen molar-refractivity contribution in [1.82, 2.24) is 4.98 Å². The summed E-state index contributed by atoms with van der Waals surface area (Å²) >= 11 is 0. The number of para-hydroxylation sites is 1. The highest BCUT2D eigenvalue weighted by Crippen LogP contribution is 2.34. The number of aliphatic imine (C=N–C) groups is 1. The molecule has 2 heterocycles. The molecule has 5 rings (SSSR count). The number of fused-ring (bicyclic) bond motifs is 1. The Balaban J connectivity index is 1.50. The van der Waals surface area contributed by atoms with Crippen LogP contribution in [-0.2, 0) is 4.79 Å². The van der Waals surface area contributed by atoms with Gasteiger partial charge >= 0.3 is 0 Å². The second-order valence-corrected chi connectivity index (χ2v) is 7.06. The number of pyridine rings is 1. The molecule has 1 atom stereocenters. The highest BCUT2D eigenvalue weighted by atomic mass is 16.2. The van der Waals surface area contributed by atoms with Crippen LogP contribution >= 0.6 is 0 Å². The van der Waals surface area contributed by atoms with Crippen molar-refractivity contribution in [2.45, 2.75) is 12.5 Å². The normalized spacial score (nSPS) is 19.0. The topological polar surface area (TPSA) is 45.6 Å². The van der Waals surface area contributed by atoms with Gasteiger partial charge in [-0.1, -0.05) is 60.7 Å². The number of hydrogen-bond donors (Lipinski definition) is 0. The summed E-state index contributed by atoms with van der Waals surface area (Å²) in [5.74, 6) is -0.0486. The van der Waals surface area contributed by atoms with Crippen molar-refractivity contribution in [1.29, 1.82) is 0 Å². The van der Waals surface area contributed by atoms with Crippen LogP contribution in [-0.4, -0.2) is 22.6 Å². The molecule has 0 bridgehead atoms. The predicted octanol–water partition coefficient (Wildman–Crippen LogP) is 5.10. The molecule has 1 unspecified atom stereocenters. The van der Waals surface area contributed by atoms with E-state index in [0.29, 0.717) is 5.71 Å². The third-order valence-electron chi connectivity index (χ3n) is 5.23. The Kier molecular flexibility index (Phi) is 4.37. The zero-order chi connectivity index (χ0) is 19.6. The van der Waals surface area contributed by atoms with E-state index < -0.39 is 0 Å². The molecule has 1 amide bonds. The van der Waals surface area contributed by atoms with Gasteiger partial charge in [0.25, 0.3) is 5.91 Å². The summed E-state index contributed by atoms with van der Waals surface area (Å²) in [6.45, 7) is 0. The van der Waals surface area contributed by atoms with Crippen LogP contribution in [0.4, 0.5) is 11.4 Å². The lowest BCUT2D eigenvalue weighted by Gasteiger charge is -2.26. The van der Waals surface area contributed by atoms with Crippen LogP contribution in [0.5, 0.6) is 0 Å². The van der Waals surface area contributed by atoms with Crippen LogP contribution in [0, 0.1) is 0 Å². The Labute approximate surface area is 169 Å². The molecule has 1 aliphatic carbocycles.